The molecule has 0 bridgehead atoms. The van der Waals surface area contributed by atoms with Gasteiger partial charge in [-0.2, -0.15) is 0 Å². The maximum absolute atomic E-state index is 12.3. The molecule has 0 spiro atoms. The highest BCUT2D eigenvalue weighted by Crippen LogP contribution is 2.27. The number of imide groups is 1. The van der Waals surface area contributed by atoms with E-state index in [2.05, 4.69) is 4.98 Å². The van der Waals surface area contributed by atoms with E-state index in [9.17, 15) is 14.4 Å². The quantitative estimate of drug-likeness (QED) is 0.789. The molecule has 1 aromatic carbocycles. The van der Waals surface area contributed by atoms with Crippen LogP contribution >= 0.6 is 0 Å². The maximum Gasteiger partial charge on any atom is 0.284 e. The van der Waals surface area contributed by atoms with Gasteiger partial charge in [-0.3, -0.25) is 19.4 Å². The number of aromatic nitrogens is 1. The van der Waals surface area contributed by atoms with Gasteiger partial charge in [0.05, 0.1) is 11.3 Å². The molecule has 0 aliphatic carbocycles. The third kappa shape index (κ3) is 2.05. The average molecular weight is 295 g/mol. The van der Waals surface area contributed by atoms with Gasteiger partial charge in [0.1, 0.15) is 5.69 Å². The second-order valence-corrected chi connectivity index (χ2v) is 5.09. The zero-order chi connectivity index (χ0) is 15.9. The van der Waals surface area contributed by atoms with Crippen LogP contribution in [0.5, 0.6) is 0 Å². The zero-order valence-electron chi connectivity index (χ0n) is 12.1. The number of benzene rings is 1. The third-order valence-corrected chi connectivity index (χ3v) is 3.43. The lowest BCUT2D eigenvalue weighted by Gasteiger charge is -2.15. The second-order valence-electron chi connectivity index (χ2n) is 5.09. The van der Waals surface area contributed by atoms with Crippen molar-refractivity contribution < 1.29 is 14.4 Å². The summed E-state index contributed by atoms with van der Waals surface area (Å²) in [4.78, 5) is 43.0. The van der Waals surface area contributed by atoms with Crippen molar-refractivity contribution in [2.75, 3.05) is 19.0 Å². The Hall–Kier alpha value is -3.02. The topological polar surface area (TPSA) is 70.6 Å². The highest BCUT2D eigenvalue weighted by molar-refractivity contribution is 6.33. The first-order valence-corrected chi connectivity index (χ1v) is 6.66. The van der Waals surface area contributed by atoms with Gasteiger partial charge in [-0.05, 0) is 36.4 Å². The Morgan fingerprint density at radius 2 is 1.73 bits per heavy atom. The van der Waals surface area contributed by atoms with Gasteiger partial charge in [0.2, 0.25) is 0 Å². The Morgan fingerprint density at radius 3 is 2.32 bits per heavy atom. The highest BCUT2D eigenvalue weighted by atomic mass is 16.2. The number of rotatable bonds is 2. The minimum atomic E-state index is -0.452. The van der Waals surface area contributed by atoms with E-state index < -0.39 is 11.8 Å². The first-order valence-electron chi connectivity index (χ1n) is 6.66. The van der Waals surface area contributed by atoms with Crippen LogP contribution in [0, 0.1) is 0 Å². The fraction of sp³-hybridized carbons (Fsp3) is 0.125. The highest BCUT2D eigenvalue weighted by Gasteiger charge is 2.37. The number of hydrogen-bond donors (Lipinski definition) is 0. The Kier molecular flexibility index (Phi) is 3.21. The minimum Gasteiger partial charge on any atom is -0.345 e. The molecule has 0 radical (unpaired) electrons. The van der Waals surface area contributed by atoms with Crippen LogP contribution in [0.2, 0.25) is 0 Å². The summed E-state index contributed by atoms with van der Waals surface area (Å²) >= 11 is 0. The molecule has 0 unspecified atom stereocenters. The zero-order valence-corrected chi connectivity index (χ0v) is 12.1. The Bertz CT molecular complexity index is 746. The van der Waals surface area contributed by atoms with Gasteiger partial charge in [-0.1, -0.05) is 0 Å². The molecule has 2 aromatic rings. The van der Waals surface area contributed by atoms with Gasteiger partial charge in [0.25, 0.3) is 17.7 Å². The largest absolute Gasteiger partial charge is 0.345 e. The molecule has 6 heteroatoms. The molecular formula is C16H13N3O3. The van der Waals surface area contributed by atoms with Crippen LogP contribution < -0.4 is 4.90 Å². The Balaban J connectivity index is 1.95. The fourth-order valence-corrected chi connectivity index (χ4v) is 2.31. The third-order valence-electron chi connectivity index (χ3n) is 3.43. The molecule has 3 rings (SSSR count). The molecular weight excluding hydrogens is 282 g/mol. The fourth-order valence-electron chi connectivity index (χ4n) is 2.31. The minimum absolute atomic E-state index is 0.143. The smallest absolute Gasteiger partial charge is 0.284 e. The molecule has 0 atom stereocenters. The number of amides is 3. The summed E-state index contributed by atoms with van der Waals surface area (Å²) in [7, 11) is 3.32. The second kappa shape index (κ2) is 5.07. The monoisotopic (exact) mass is 295 g/mol. The van der Waals surface area contributed by atoms with Crippen molar-refractivity contribution in [1.82, 2.24) is 9.88 Å². The summed E-state index contributed by atoms with van der Waals surface area (Å²) in [5.41, 5.74) is 1.36. The predicted octanol–water partition coefficient (Wildman–Crippen LogP) is 1.58. The molecule has 110 valence electrons. The lowest BCUT2D eigenvalue weighted by Crippen LogP contribution is -2.29. The van der Waals surface area contributed by atoms with Crippen LogP contribution in [0.25, 0.3) is 0 Å². The predicted molar refractivity (Wildman–Crippen MR) is 79.8 cm³/mol. The van der Waals surface area contributed by atoms with Gasteiger partial charge < -0.3 is 4.90 Å². The van der Waals surface area contributed by atoms with E-state index in [0.717, 1.165) is 4.90 Å². The summed E-state index contributed by atoms with van der Waals surface area (Å²) in [5, 5.41) is 0. The molecule has 6 nitrogen and oxygen atoms in total. The lowest BCUT2D eigenvalue weighted by atomic mass is 10.1. The maximum atomic E-state index is 12.3. The summed E-state index contributed by atoms with van der Waals surface area (Å²) in [5.74, 6) is -0.998. The summed E-state index contributed by atoms with van der Waals surface area (Å²) in [6.07, 6.45) is 1.48. The van der Waals surface area contributed by atoms with Crippen molar-refractivity contribution in [1.29, 1.82) is 0 Å². The molecule has 2 heterocycles. The molecule has 1 aliphatic rings. The van der Waals surface area contributed by atoms with E-state index in [4.69, 9.17) is 0 Å². The van der Waals surface area contributed by atoms with Crippen molar-refractivity contribution in [2.45, 2.75) is 0 Å². The number of nitrogens with zero attached hydrogens (tertiary/aromatic N) is 3. The van der Waals surface area contributed by atoms with E-state index in [1.54, 1.807) is 50.5 Å². The van der Waals surface area contributed by atoms with E-state index >= 15 is 0 Å². The van der Waals surface area contributed by atoms with Crippen LogP contribution in [-0.2, 0) is 0 Å². The van der Waals surface area contributed by atoms with Gasteiger partial charge >= 0.3 is 0 Å². The number of anilines is 1. The van der Waals surface area contributed by atoms with Crippen LogP contribution in [0.15, 0.2) is 42.6 Å². The van der Waals surface area contributed by atoms with Crippen LogP contribution in [-0.4, -0.2) is 41.7 Å². The van der Waals surface area contributed by atoms with E-state index in [-0.39, 0.29) is 11.6 Å². The number of carbonyl (C=O) groups is 3. The molecule has 0 fully saturated rings. The SMILES string of the molecule is CN(C)C(=O)c1ccc(N2C(=O)c3cccnc3C2=O)cc1. The number of pyridine rings is 1. The van der Waals surface area contributed by atoms with Gasteiger partial charge in [0, 0.05) is 25.9 Å². The molecule has 0 saturated heterocycles. The van der Waals surface area contributed by atoms with Crippen molar-refractivity contribution in [3.8, 4) is 0 Å². The van der Waals surface area contributed by atoms with Gasteiger partial charge in [-0.25, -0.2) is 4.90 Å². The molecule has 22 heavy (non-hydrogen) atoms. The molecule has 0 saturated carbocycles. The standard InChI is InChI=1S/C16H13N3O3/c1-18(2)14(20)10-5-7-11(8-6-10)19-15(21)12-4-3-9-17-13(12)16(19)22/h3-9H,1-2H3. The molecule has 0 N–H and O–H groups in total. The van der Waals surface area contributed by atoms with Gasteiger partial charge in [-0.15, -0.1) is 0 Å². The van der Waals surface area contributed by atoms with Crippen molar-refractivity contribution in [3.63, 3.8) is 0 Å². The van der Waals surface area contributed by atoms with E-state index in [0.29, 0.717) is 16.8 Å². The first kappa shape index (κ1) is 13.9. The van der Waals surface area contributed by atoms with Crippen molar-refractivity contribution in [2.24, 2.45) is 0 Å². The molecule has 1 aromatic heterocycles. The number of carbonyl (C=O) groups excluding carboxylic acids is 3. The van der Waals surface area contributed by atoms with Gasteiger partial charge in [0.15, 0.2) is 0 Å². The van der Waals surface area contributed by atoms with E-state index in [1.165, 1.54) is 11.1 Å². The number of hydrogen-bond acceptors (Lipinski definition) is 4. The Labute approximate surface area is 127 Å². The molecule has 3 amide bonds. The summed E-state index contributed by atoms with van der Waals surface area (Å²) in [6, 6.07) is 9.54. The van der Waals surface area contributed by atoms with Crippen molar-refractivity contribution >= 4 is 23.4 Å². The normalized spacial score (nSPS) is 13.3. The van der Waals surface area contributed by atoms with Crippen LogP contribution in [0.4, 0.5) is 5.69 Å². The lowest BCUT2D eigenvalue weighted by molar-refractivity contribution is 0.0827. The summed E-state index contributed by atoms with van der Waals surface area (Å²) in [6.45, 7) is 0. The average Bonchev–Trinajstić information content (AvgIpc) is 2.79. The number of fused-ring (bicyclic) bond motifs is 1. The molecule has 1 aliphatic heterocycles. The van der Waals surface area contributed by atoms with Crippen molar-refractivity contribution in [3.05, 3.63) is 59.4 Å². The van der Waals surface area contributed by atoms with Crippen LogP contribution in [0.3, 0.4) is 0 Å². The first-order chi connectivity index (χ1) is 10.5. The van der Waals surface area contributed by atoms with E-state index in [1.807, 2.05) is 0 Å². The Morgan fingerprint density at radius 1 is 1.05 bits per heavy atom. The van der Waals surface area contributed by atoms with Crippen LogP contribution in [0.1, 0.15) is 31.2 Å². The summed E-state index contributed by atoms with van der Waals surface area (Å²) < 4.78 is 0.